The summed E-state index contributed by atoms with van der Waals surface area (Å²) in [7, 11) is 0. The first-order valence-corrected chi connectivity index (χ1v) is 4.48. The molecule has 2 nitrogen and oxygen atoms in total. The Hall–Kier alpha value is -0.800. The second-order valence-electron chi connectivity index (χ2n) is 2.71. The third-order valence-corrected chi connectivity index (χ3v) is 2.31. The van der Waals surface area contributed by atoms with Crippen molar-refractivity contribution in [1.29, 1.82) is 0 Å². The van der Waals surface area contributed by atoms with E-state index >= 15 is 0 Å². The molecule has 3 heteroatoms. The highest BCUT2D eigenvalue weighted by atomic mass is 79.9. The molecule has 0 radical (unpaired) electrons. The van der Waals surface area contributed by atoms with E-state index in [0.29, 0.717) is 6.54 Å². The maximum absolute atomic E-state index is 9.49. The van der Waals surface area contributed by atoms with Crippen molar-refractivity contribution >= 4 is 27.7 Å². The predicted molar refractivity (Wildman–Crippen MR) is 52.5 cm³/mol. The Morgan fingerprint density at radius 3 is 2.92 bits per heavy atom. The van der Waals surface area contributed by atoms with Gasteiger partial charge in [0.2, 0.25) is 0 Å². The summed E-state index contributed by atoms with van der Waals surface area (Å²) in [6, 6.07) is 7.73. The zero-order valence-corrected chi connectivity index (χ0v) is 7.95. The van der Waals surface area contributed by atoms with Crippen LogP contribution >= 0.6 is 15.9 Å². The van der Waals surface area contributed by atoms with Gasteiger partial charge in [0.25, 0.3) is 0 Å². The van der Waals surface area contributed by atoms with Crippen LogP contribution in [0.15, 0.2) is 28.7 Å². The van der Waals surface area contributed by atoms with E-state index in [2.05, 4.69) is 15.9 Å². The van der Waals surface area contributed by atoms with Crippen LogP contribution in [0.2, 0.25) is 0 Å². The first kappa shape index (κ1) is 7.83. The molecule has 1 aromatic carbocycles. The zero-order valence-electron chi connectivity index (χ0n) is 6.37. The molecule has 0 bridgehead atoms. The molecule has 0 saturated heterocycles. The standard InChI is InChI=1S/C9H8BrNO/c10-8-5-7-3-1-2-4-9(7)11(12)6-8/h1-5,12H,6H2. The summed E-state index contributed by atoms with van der Waals surface area (Å²) in [6.07, 6.45) is 2.02. The van der Waals surface area contributed by atoms with E-state index in [-0.39, 0.29) is 0 Å². The lowest BCUT2D eigenvalue weighted by Gasteiger charge is -2.22. The summed E-state index contributed by atoms with van der Waals surface area (Å²) < 4.78 is 0.990. The molecule has 0 aliphatic carbocycles. The van der Waals surface area contributed by atoms with Gasteiger partial charge in [-0.3, -0.25) is 10.3 Å². The minimum absolute atomic E-state index is 0.525. The number of hydroxylamine groups is 1. The lowest BCUT2D eigenvalue weighted by Crippen LogP contribution is -2.22. The van der Waals surface area contributed by atoms with Gasteiger partial charge < -0.3 is 0 Å². The van der Waals surface area contributed by atoms with E-state index in [9.17, 15) is 5.21 Å². The maximum Gasteiger partial charge on any atom is 0.0769 e. The fourth-order valence-corrected chi connectivity index (χ4v) is 1.77. The zero-order chi connectivity index (χ0) is 8.55. The number of halogens is 1. The monoisotopic (exact) mass is 225 g/mol. The molecule has 0 saturated carbocycles. The van der Waals surface area contributed by atoms with Gasteiger partial charge in [0.05, 0.1) is 12.2 Å². The molecule has 0 amide bonds. The first-order chi connectivity index (χ1) is 5.77. The highest BCUT2D eigenvalue weighted by molar-refractivity contribution is 9.11. The van der Waals surface area contributed by atoms with Gasteiger partial charge in [-0.05, 0) is 12.1 Å². The minimum atomic E-state index is 0.525. The molecule has 1 heterocycles. The number of benzene rings is 1. The maximum atomic E-state index is 9.49. The van der Waals surface area contributed by atoms with E-state index in [1.165, 1.54) is 5.06 Å². The average molecular weight is 226 g/mol. The molecule has 0 unspecified atom stereocenters. The molecule has 2 rings (SSSR count). The summed E-state index contributed by atoms with van der Waals surface area (Å²) >= 11 is 3.36. The third kappa shape index (κ3) is 1.26. The fraction of sp³-hybridized carbons (Fsp3) is 0.111. The molecule has 1 N–H and O–H groups in total. The number of rotatable bonds is 0. The minimum Gasteiger partial charge on any atom is -0.288 e. The number of anilines is 1. The summed E-state index contributed by atoms with van der Waals surface area (Å²) in [5.74, 6) is 0. The molecule has 1 aliphatic rings. The first-order valence-electron chi connectivity index (χ1n) is 3.69. The topological polar surface area (TPSA) is 23.5 Å². The largest absolute Gasteiger partial charge is 0.288 e. The Morgan fingerprint density at radius 2 is 2.08 bits per heavy atom. The number of hydrogen-bond acceptors (Lipinski definition) is 2. The number of hydrogen-bond donors (Lipinski definition) is 1. The predicted octanol–water partition coefficient (Wildman–Crippen LogP) is 2.63. The third-order valence-electron chi connectivity index (χ3n) is 1.83. The van der Waals surface area contributed by atoms with Crippen LogP contribution in [0.4, 0.5) is 5.69 Å². The summed E-state index contributed by atoms with van der Waals surface area (Å²) in [5.41, 5.74) is 1.90. The van der Waals surface area contributed by atoms with E-state index in [4.69, 9.17) is 0 Å². The van der Waals surface area contributed by atoms with Crippen molar-refractivity contribution in [3.63, 3.8) is 0 Å². The Bertz CT molecular complexity index is 335. The van der Waals surface area contributed by atoms with Crippen LogP contribution < -0.4 is 5.06 Å². The second-order valence-corrected chi connectivity index (χ2v) is 3.73. The lowest BCUT2D eigenvalue weighted by atomic mass is 10.1. The van der Waals surface area contributed by atoms with Gasteiger partial charge in [-0.1, -0.05) is 34.1 Å². The van der Waals surface area contributed by atoms with E-state index in [0.717, 1.165) is 15.7 Å². The van der Waals surface area contributed by atoms with E-state index in [1.54, 1.807) is 0 Å². The van der Waals surface area contributed by atoms with Crippen molar-refractivity contribution in [2.45, 2.75) is 0 Å². The lowest BCUT2D eigenvalue weighted by molar-refractivity contribution is 0.264. The van der Waals surface area contributed by atoms with E-state index in [1.807, 2.05) is 30.3 Å². The fourth-order valence-electron chi connectivity index (χ4n) is 1.29. The van der Waals surface area contributed by atoms with Gasteiger partial charge in [0.15, 0.2) is 0 Å². The molecule has 0 fully saturated rings. The van der Waals surface area contributed by atoms with Crippen LogP contribution in [-0.2, 0) is 0 Å². The molecule has 0 aromatic heterocycles. The Labute approximate surface area is 79.2 Å². The Balaban J connectivity index is 2.55. The highest BCUT2D eigenvalue weighted by Gasteiger charge is 2.13. The van der Waals surface area contributed by atoms with Crippen LogP contribution in [0.5, 0.6) is 0 Å². The van der Waals surface area contributed by atoms with Crippen LogP contribution in [-0.4, -0.2) is 11.8 Å². The number of fused-ring (bicyclic) bond motifs is 1. The quantitative estimate of drug-likeness (QED) is 0.734. The molecule has 1 aliphatic heterocycles. The van der Waals surface area contributed by atoms with Crippen molar-refractivity contribution in [1.82, 2.24) is 0 Å². The van der Waals surface area contributed by atoms with Gasteiger partial charge in [-0.25, -0.2) is 0 Å². The van der Waals surface area contributed by atoms with Gasteiger partial charge in [0, 0.05) is 10.0 Å². The second kappa shape index (κ2) is 2.92. The molecule has 0 spiro atoms. The number of para-hydroxylation sites is 1. The molecule has 0 atom stereocenters. The smallest absolute Gasteiger partial charge is 0.0769 e. The van der Waals surface area contributed by atoms with Crippen molar-refractivity contribution < 1.29 is 5.21 Å². The Morgan fingerprint density at radius 1 is 1.33 bits per heavy atom. The highest BCUT2D eigenvalue weighted by Crippen LogP contribution is 2.28. The number of nitrogens with zero attached hydrogens (tertiary/aromatic N) is 1. The van der Waals surface area contributed by atoms with Crippen LogP contribution in [0, 0.1) is 0 Å². The molecule has 62 valence electrons. The average Bonchev–Trinajstić information content (AvgIpc) is 2.04. The molecule has 12 heavy (non-hydrogen) atoms. The SMILES string of the molecule is ON1CC(Br)=Cc2ccccc21. The van der Waals surface area contributed by atoms with Crippen LogP contribution in [0.1, 0.15) is 5.56 Å². The van der Waals surface area contributed by atoms with Gasteiger partial charge in [-0.2, -0.15) is 0 Å². The van der Waals surface area contributed by atoms with Crippen molar-refractivity contribution in [2.24, 2.45) is 0 Å². The molecular weight excluding hydrogens is 218 g/mol. The van der Waals surface area contributed by atoms with Crippen LogP contribution in [0.3, 0.4) is 0 Å². The summed E-state index contributed by atoms with van der Waals surface area (Å²) in [4.78, 5) is 0. The molecular formula is C9H8BrNO. The van der Waals surface area contributed by atoms with Crippen molar-refractivity contribution in [3.05, 3.63) is 34.3 Å². The van der Waals surface area contributed by atoms with Gasteiger partial charge in [0.1, 0.15) is 0 Å². The van der Waals surface area contributed by atoms with Crippen LogP contribution in [0.25, 0.3) is 6.08 Å². The van der Waals surface area contributed by atoms with Gasteiger partial charge >= 0.3 is 0 Å². The summed E-state index contributed by atoms with van der Waals surface area (Å²) in [5, 5.41) is 10.7. The van der Waals surface area contributed by atoms with Crippen molar-refractivity contribution in [2.75, 3.05) is 11.6 Å². The van der Waals surface area contributed by atoms with Crippen molar-refractivity contribution in [3.8, 4) is 0 Å². The van der Waals surface area contributed by atoms with E-state index < -0.39 is 0 Å². The normalized spacial score (nSPS) is 15.5. The van der Waals surface area contributed by atoms with Gasteiger partial charge in [-0.15, -0.1) is 0 Å². The summed E-state index contributed by atoms with van der Waals surface area (Å²) in [6.45, 7) is 0.525. The Kier molecular flexibility index (Phi) is 1.90. The molecule has 1 aromatic rings.